The predicted molar refractivity (Wildman–Crippen MR) is 73.1 cm³/mol. The third-order valence-corrected chi connectivity index (χ3v) is 2.44. The van der Waals surface area contributed by atoms with Gasteiger partial charge in [0.05, 0.1) is 6.61 Å². The second kappa shape index (κ2) is 9.71. The van der Waals surface area contributed by atoms with Crippen LogP contribution in [0.4, 0.5) is 4.79 Å². The molecule has 0 radical (unpaired) electrons. The van der Waals surface area contributed by atoms with Crippen LogP contribution in [0.5, 0.6) is 0 Å². The van der Waals surface area contributed by atoms with Gasteiger partial charge in [-0.15, -0.1) is 0 Å². The lowest BCUT2D eigenvalue weighted by Crippen LogP contribution is -2.41. The van der Waals surface area contributed by atoms with E-state index in [-0.39, 0.29) is 12.3 Å². The highest BCUT2D eigenvalue weighted by Crippen LogP contribution is 2.18. The molecule has 0 fully saturated rings. The van der Waals surface area contributed by atoms with Gasteiger partial charge in [0, 0.05) is 12.3 Å². The van der Waals surface area contributed by atoms with Gasteiger partial charge in [0.1, 0.15) is 6.23 Å². The molecule has 4 nitrogen and oxygen atoms in total. The van der Waals surface area contributed by atoms with Crippen molar-refractivity contribution in [3.63, 3.8) is 0 Å². The summed E-state index contributed by atoms with van der Waals surface area (Å²) in [6, 6.07) is 0. The van der Waals surface area contributed by atoms with Gasteiger partial charge in [-0.25, -0.2) is 4.79 Å². The Balaban J connectivity index is 5.17. The molecule has 0 aliphatic rings. The predicted octanol–water partition coefficient (Wildman–Crippen LogP) is 3.70. The van der Waals surface area contributed by atoms with Crippen LogP contribution in [-0.2, 0) is 9.47 Å². The van der Waals surface area contributed by atoms with Crippen LogP contribution in [0.25, 0.3) is 0 Å². The largest absolute Gasteiger partial charge is 0.449 e. The highest BCUT2D eigenvalue weighted by molar-refractivity contribution is 5.70. The van der Waals surface area contributed by atoms with Gasteiger partial charge in [-0.1, -0.05) is 26.5 Å². The summed E-state index contributed by atoms with van der Waals surface area (Å²) in [5.74, 6) is 0. The Morgan fingerprint density at radius 1 is 1.28 bits per heavy atom. The molecule has 0 spiro atoms. The van der Waals surface area contributed by atoms with Crippen molar-refractivity contribution in [2.24, 2.45) is 0 Å². The number of hydrogen-bond acceptors (Lipinski definition) is 3. The van der Waals surface area contributed by atoms with Crippen LogP contribution in [0, 0.1) is 0 Å². The van der Waals surface area contributed by atoms with Crippen LogP contribution in [0.2, 0.25) is 0 Å². The SMILES string of the molecule is C=CC=C(CC)N(C(=O)OCC)C(CC)OCC. The van der Waals surface area contributed by atoms with Crippen molar-refractivity contribution in [1.82, 2.24) is 4.90 Å². The van der Waals surface area contributed by atoms with Crippen LogP contribution in [-0.4, -0.2) is 30.4 Å². The monoisotopic (exact) mass is 255 g/mol. The Bertz CT molecular complexity index is 287. The molecule has 4 heteroatoms. The fourth-order valence-corrected chi connectivity index (χ4v) is 1.68. The van der Waals surface area contributed by atoms with Gasteiger partial charge in [-0.05, 0) is 32.8 Å². The topological polar surface area (TPSA) is 38.8 Å². The van der Waals surface area contributed by atoms with Gasteiger partial charge in [-0.2, -0.15) is 0 Å². The minimum atomic E-state index is -0.368. The van der Waals surface area contributed by atoms with E-state index in [4.69, 9.17) is 9.47 Å². The van der Waals surface area contributed by atoms with E-state index in [1.54, 1.807) is 17.9 Å². The Hall–Kier alpha value is -1.29. The van der Waals surface area contributed by atoms with Gasteiger partial charge in [0.2, 0.25) is 0 Å². The smallest absolute Gasteiger partial charge is 0.416 e. The average Bonchev–Trinajstić information content (AvgIpc) is 2.37. The fourth-order valence-electron chi connectivity index (χ4n) is 1.68. The quantitative estimate of drug-likeness (QED) is 0.490. The van der Waals surface area contributed by atoms with Crippen LogP contribution in [0.1, 0.15) is 40.5 Å². The standard InChI is InChI=1S/C14H25NO3/c1-6-11-12(7-2)15(14(16)18-10-5)13(8-3)17-9-4/h6,11,13H,1,7-10H2,2-5H3. The molecule has 0 bridgehead atoms. The molecule has 0 aromatic carbocycles. The molecule has 1 unspecified atom stereocenters. The summed E-state index contributed by atoms with van der Waals surface area (Å²) in [4.78, 5) is 13.6. The van der Waals surface area contributed by atoms with Gasteiger partial charge in [0.25, 0.3) is 0 Å². The fraction of sp³-hybridized carbons (Fsp3) is 0.643. The number of amides is 1. The maximum Gasteiger partial charge on any atom is 0.416 e. The van der Waals surface area contributed by atoms with E-state index >= 15 is 0 Å². The molecule has 0 saturated heterocycles. The number of ether oxygens (including phenoxy) is 2. The van der Waals surface area contributed by atoms with E-state index < -0.39 is 0 Å². The molecule has 0 N–H and O–H groups in total. The number of carbonyl (C=O) groups excluding carboxylic acids is 1. The zero-order valence-electron chi connectivity index (χ0n) is 11.9. The first kappa shape index (κ1) is 16.7. The Kier molecular flexibility index (Phi) is 9.01. The molecular formula is C14H25NO3. The minimum Gasteiger partial charge on any atom is -0.449 e. The number of rotatable bonds is 8. The summed E-state index contributed by atoms with van der Waals surface area (Å²) in [7, 11) is 0. The zero-order valence-corrected chi connectivity index (χ0v) is 11.9. The Labute approximate surface area is 110 Å². The van der Waals surface area contributed by atoms with Gasteiger partial charge in [0.15, 0.2) is 0 Å². The van der Waals surface area contributed by atoms with Crippen LogP contribution in [0.15, 0.2) is 24.4 Å². The summed E-state index contributed by atoms with van der Waals surface area (Å²) in [6.07, 6.45) is 4.26. The van der Waals surface area contributed by atoms with E-state index in [1.807, 2.05) is 26.8 Å². The molecular weight excluding hydrogens is 230 g/mol. The molecule has 0 aromatic rings. The van der Waals surface area contributed by atoms with Crippen molar-refractivity contribution < 1.29 is 14.3 Å². The lowest BCUT2D eigenvalue weighted by molar-refractivity contribution is -0.0364. The second-order valence-electron chi connectivity index (χ2n) is 3.63. The second-order valence-corrected chi connectivity index (χ2v) is 3.63. The molecule has 0 heterocycles. The number of nitrogens with zero attached hydrogens (tertiary/aromatic N) is 1. The van der Waals surface area contributed by atoms with Crippen molar-refractivity contribution in [2.45, 2.75) is 46.8 Å². The molecule has 18 heavy (non-hydrogen) atoms. The third-order valence-electron chi connectivity index (χ3n) is 2.44. The summed E-state index contributed by atoms with van der Waals surface area (Å²) < 4.78 is 10.7. The Morgan fingerprint density at radius 2 is 1.94 bits per heavy atom. The minimum absolute atomic E-state index is 0.291. The number of hydrogen-bond donors (Lipinski definition) is 0. The lowest BCUT2D eigenvalue weighted by atomic mass is 10.2. The maximum atomic E-state index is 12.0. The van der Waals surface area contributed by atoms with Crippen molar-refractivity contribution in [2.75, 3.05) is 13.2 Å². The summed E-state index contributed by atoms with van der Waals surface area (Å²) in [5, 5.41) is 0. The molecule has 0 aromatic heterocycles. The normalized spacial score (nSPS) is 13.0. The van der Waals surface area contributed by atoms with Crippen molar-refractivity contribution in [3.05, 3.63) is 24.4 Å². The van der Waals surface area contributed by atoms with Crippen LogP contribution >= 0.6 is 0 Å². The number of allylic oxidation sites excluding steroid dienone is 3. The van der Waals surface area contributed by atoms with Crippen molar-refractivity contribution in [1.29, 1.82) is 0 Å². The van der Waals surface area contributed by atoms with Crippen LogP contribution < -0.4 is 0 Å². The zero-order chi connectivity index (χ0) is 14.0. The average molecular weight is 255 g/mol. The third kappa shape index (κ3) is 4.92. The molecule has 1 atom stereocenters. The molecule has 104 valence electrons. The maximum absolute atomic E-state index is 12.0. The Morgan fingerprint density at radius 3 is 2.33 bits per heavy atom. The molecule has 0 rings (SSSR count). The van der Waals surface area contributed by atoms with E-state index in [2.05, 4.69) is 6.58 Å². The number of carbonyl (C=O) groups is 1. The lowest BCUT2D eigenvalue weighted by Gasteiger charge is -2.31. The van der Waals surface area contributed by atoms with Gasteiger partial charge >= 0.3 is 6.09 Å². The first-order valence-electron chi connectivity index (χ1n) is 6.55. The van der Waals surface area contributed by atoms with E-state index in [0.29, 0.717) is 26.1 Å². The summed E-state index contributed by atoms with van der Waals surface area (Å²) in [6.45, 7) is 12.2. The van der Waals surface area contributed by atoms with Crippen LogP contribution in [0.3, 0.4) is 0 Å². The van der Waals surface area contributed by atoms with E-state index in [0.717, 1.165) is 5.70 Å². The first-order chi connectivity index (χ1) is 8.65. The highest BCUT2D eigenvalue weighted by atomic mass is 16.6. The van der Waals surface area contributed by atoms with Gasteiger partial charge < -0.3 is 9.47 Å². The molecule has 0 saturated carbocycles. The molecule has 0 aliphatic heterocycles. The highest BCUT2D eigenvalue weighted by Gasteiger charge is 2.26. The van der Waals surface area contributed by atoms with E-state index in [1.165, 1.54) is 0 Å². The molecule has 1 amide bonds. The van der Waals surface area contributed by atoms with Crippen molar-refractivity contribution in [3.8, 4) is 0 Å². The first-order valence-corrected chi connectivity index (χ1v) is 6.55. The molecule has 0 aliphatic carbocycles. The van der Waals surface area contributed by atoms with E-state index in [9.17, 15) is 4.79 Å². The summed E-state index contributed by atoms with van der Waals surface area (Å²) >= 11 is 0. The van der Waals surface area contributed by atoms with Gasteiger partial charge in [-0.3, -0.25) is 4.90 Å². The van der Waals surface area contributed by atoms with Crippen molar-refractivity contribution >= 4 is 6.09 Å². The summed E-state index contributed by atoms with van der Waals surface area (Å²) in [5.41, 5.74) is 0.851.